The van der Waals surface area contributed by atoms with Crippen molar-refractivity contribution in [3.63, 3.8) is 0 Å². The predicted octanol–water partition coefficient (Wildman–Crippen LogP) is 3.05. The third-order valence-electron chi connectivity index (χ3n) is 2.38. The van der Waals surface area contributed by atoms with E-state index >= 15 is 0 Å². The van der Waals surface area contributed by atoms with Crippen LogP contribution in [0.25, 0.3) is 0 Å². The van der Waals surface area contributed by atoms with Crippen LogP contribution in [0.1, 0.15) is 36.5 Å². The Morgan fingerprint density at radius 2 is 2.06 bits per heavy atom. The molecule has 1 aromatic rings. The number of hydrogen-bond donors (Lipinski definition) is 1. The van der Waals surface area contributed by atoms with Crippen LogP contribution >= 0.6 is 11.6 Å². The summed E-state index contributed by atoms with van der Waals surface area (Å²) in [4.78, 5) is 11.6. The van der Waals surface area contributed by atoms with Gasteiger partial charge in [0.25, 0.3) is 0 Å². The van der Waals surface area contributed by atoms with E-state index in [9.17, 15) is 9.90 Å². The molecule has 3 nitrogen and oxygen atoms in total. The second-order valence-corrected chi connectivity index (χ2v) is 4.34. The molecule has 0 aliphatic heterocycles. The van der Waals surface area contributed by atoms with Gasteiger partial charge in [-0.1, -0.05) is 31.4 Å². The van der Waals surface area contributed by atoms with E-state index in [1.54, 1.807) is 24.3 Å². The van der Waals surface area contributed by atoms with Crippen molar-refractivity contribution in [3.05, 3.63) is 34.9 Å². The number of carbonyl (C=O) groups is 1. The number of ether oxygens (including phenoxy) is 1. The van der Waals surface area contributed by atoms with Crippen molar-refractivity contribution >= 4 is 17.6 Å². The minimum Gasteiger partial charge on any atom is -0.459 e. The molecule has 0 radical (unpaired) electrons. The quantitative estimate of drug-likeness (QED) is 0.796. The van der Waals surface area contributed by atoms with Crippen LogP contribution in [-0.4, -0.2) is 23.8 Å². The largest absolute Gasteiger partial charge is 0.459 e. The number of esters is 1. The van der Waals surface area contributed by atoms with Gasteiger partial charge in [-0.2, -0.15) is 0 Å². The van der Waals surface area contributed by atoms with Crippen molar-refractivity contribution < 1.29 is 14.6 Å². The molecular formula is C13H17ClO3. The molecule has 1 atom stereocenters. The topological polar surface area (TPSA) is 46.5 Å². The Morgan fingerprint density at radius 1 is 1.41 bits per heavy atom. The van der Waals surface area contributed by atoms with E-state index in [0.717, 1.165) is 12.8 Å². The third-order valence-corrected chi connectivity index (χ3v) is 2.63. The highest BCUT2D eigenvalue weighted by molar-refractivity contribution is 6.30. The van der Waals surface area contributed by atoms with Crippen molar-refractivity contribution in [2.45, 2.75) is 32.3 Å². The molecule has 0 spiro atoms. The zero-order valence-electron chi connectivity index (χ0n) is 9.86. The van der Waals surface area contributed by atoms with E-state index in [4.69, 9.17) is 16.3 Å². The Hall–Kier alpha value is -1.06. The number of aliphatic hydroxyl groups excluding tert-OH is 1. The van der Waals surface area contributed by atoms with Crippen LogP contribution in [0.5, 0.6) is 0 Å². The smallest absolute Gasteiger partial charge is 0.338 e. The molecule has 1 rings (SSSR count). The summed E-state index contributed by atoms with van der Waals surface area (Å²) in [7, 11) is 0. The van der Waals surface area contributed by atoms with Crippen molar-refractivity contribution in [1.29, 1.82) is 0 Å². The summed E-state index contributed by atoms with van der Waals surface area (Å²) in [6, 6.07) is 6.46. The molecule has 1 aromatic carbocycles. The van der Waals surface area contributed by atoms with Gasteiger partial charge >= 0.3 is 5.97 Å². The molecule has 94 valence electrons. The van der Waals surface area contributed by atoms with Gasteiger partial charge in [-0.25, -0.2) is 4.79 Å². The van der Waals surface area contributed by atoms with Crippen molar-refractivity contribution in [3.8, 4) is 0 Å². The average molecular weight is 257 g/mol. The van der Waals surface area contributed by atoms with Crippen LogP contribution in [0.4, 0.5) is 0 Å². The summed E-state index contributed by atoms with van der Waals surface area (Å²) in [5.41, 5.74) is 0.442. The van der Waals surface area contributed by atoms with Gasteiger partial charge in [-0.15, -0.1) is 0 Å². The third kappa shape index (κ3) is 5.20. The van der Waals surface area contributed by atoms with Crippen LogP contribution in [-0.2, 0) is 4.74 Å². The van der Waals surface area contributed by atoms with E-state index in [2.05, 4.69) is 0 Å². The van der Waals surface area contributed by atoms with Gasteiger partial charge in [0.15, 0.2) is 0 Å². The minimum absolute atomic E-state index is 0.0431. The van der Waals surface area contributed by atoms with E-state index in [-0.39, 0.29) is 6.61 Å². The minimum atomic E-state index is -0.578. The molecule has 0 saturated carbocycles. The molecular weight excluding hydrogens is 240 g/mol. The molecule has 0 fully saturated rings. The molecule has 0 heterocycles. The summed E-state index contributed by atoms with van der Waals surface area (Å²) < 4.78 is 4.99. The Balaban J connectivity index is 2.36. The first-order valence-electron chi connectivity index (χ1n) is 5.74. The highest BCUT2D eigenvalue weighted by Crippen LogP contribution is 2.11. The summed E-state index contributed by atoms with van der Waals surface area (Å²) in [5.74, 6) is -0.433. The maximum Gasteiger partial charge on any atom is 0.338 e. The number of benzene rings is 1. The summed E-state index contributed by atoms with van der Waals surface area (Å²) in [6.07, 6.45) is 2.03. The molecule has 0 amide bonds. The first-order valence-corrected chi connectivity index (χ1v) is 6.12. The number of hydrogen-bond acceptors (Lipinski definition) is 3. The normalized spacial score (nSPS) is 12.2. The molecule has 0 bridgehead atoms. The molecule has 1 unspecified atom stereocenters. The predicted molar refractivity (Wildman–Crippen MR) is 67.3 cm³/mol. The molecule has 4 heteroatoms. The van der Waals surface area contributed by atoms with E-state index in [0.29, 0.717) is 17.0 Å². The van der Waals surface area contributed by atoms with Crippen molar-refractivity contribution in [1.82, 2.24) is 0 Å². The molecule has 0 saturated heterocycles. The van der Waals surface area contributed by atoms with Crippen LogP contribution in [0.3, 0.4) is 0 Å². The summed E-state index contributed by atoms with van der Waals surface area (Å²) in [6.45, 7) is 2.09. The lowest BCUT2D eigenvalue weighted by Gasteiger charge is -2.10. The maximum atomic E-state index is 11.6. The van der Waals surface area contributed by atoms with E-state index < -0.39 is 12.1 Å². The average Bonchev–Trinajstić information content (AvgIpc) is 2.34. The van der Waals surface area contributed by atoms with E-state index in [1.165, 1.54) is 0 Å². The zero-order valence-corrected chi connectivity index (χ0v) is 10.6. The highest BCUT2D eigenvalue weighted by atomic mass is 35.5. The zero-order chi connectivity index (χ0) is 12.7. The SMILES string of the molecule is CCCCC(O)COC(=O)c1ccc(Cl)cc1. The Bertz CT molecular complexity index is 348. The fourth-order valence-corrected chi connectivity index (χ4v) is 1.49. The number of rotatable bonds is 6. The van der Waals surface area contributed by atoms with Gasteiger partial charge in [0.2, 0.25) is 0 Å². The van der Waals surface area contributed by atoms with Crippen LogP contribution in [0, 0.1) is 0 Å². The van der Waals surface area contributed by atoms with Gasteiger partial charge in [0.1, 0.15) is 6.61 Å². The van der Waals surface area contributed by atoms with Gasteiger partial charge < -0.3 is 9.84 Å². The molecule has 0 aliphatic carbocycles. The maximum absolute atomic E-state index is 11.6. The second kappa shape index (κ2) is 7.30. The fourth-order valence-electron chi connectivity index (χ4n) is 1.36. The lowest BCUT2D eigenvalue weighted by atomic mass is 10.2. The summed E-state index contributed by atoms with van der Waals surface area (Å²) >= 11 is 5.71. The van der Waals surface area contributed by atoms with Gasteiger partial charge in [0.05, 0.1) is 11.7 Å². The van der Waals surface area contributed by atoms with Crippen LogP contribution < -0.4 is 0 Å². The molecule has 0 aliphatic rings. The number of aliphatic hydroxyl groups is 1. The molecule has 0 aromatic heterocycles. The van der Waals surface area contributed by atoms with Crippen molar-refractivity contribution in [2.24, 2.45) is 0 Å². The molecule has 17 heavy (non-hydrogen) atoms. The second-order valence-electron chi connectivity index (χ2n) is 3.90. The Kier molecular flexibility index (Phi) is 6.01. The number of halogens is 1. The first kappa shape index (κ1) is 14.0. The highest BCUT2D eigenvalue weighted by Gasteiger charge is 2.10. The fraction of sp³-hybridized carbons (Fsp3) is 0.462. The summed E-state index contributed by atoms with van der Waals surface area (Å²) in [5, 5.41) is 10.1. The number of carbonyl (C=O) groups excluding carboxylic acids is 1. The lowest BCUT2D eigenvalue weighted by molar-refractivity contribution is 0.0234. The standard InChI is InChI=1S/C13H17ClO3/c1-2-3-4-12(15)9-17-13(16)10-5-7-11(14)8-6-10/h5-8,12,15H,2-4,9H2,1H3. The lowest BCUT2D eigenvalue weighted by Crippen LogP contribution is -2.18. The Morgan fingerprint density at radius 3 is 2.65 bits per heavy atom. The van der Waals surface area contributed by atoms with Gasteiger partial charge in [0, 0.05) is 5.02 Å². The monoisotopic (exact) mass is 256 g/mol. The van der Waals surface area contributed by atoms with Crippen LogP contribution in [0.2, 0.25) is 5.02 Å². The first-order chi connectivity index (χ1) is 8.13. The van der Waals surface area contributed by atoms with Crippen molar-refractivity contribution in [2.75, 3.05) is 6.61 Å². The van der Waals surface area contributed by atoms with Crippen LogP contribution in [0.15, 0.2) is 24.3 Å². The number of unbranched alkanes of at least 4 members (excludes halogenated alkanes) is 1. The molecule has 1 N–H and O–H groups in total. The van der Waals surface area contributed by atoms with Gasteiger partial charge in [-0.3, -0.25) is 0 Å². The van der Waals surface area contributed by atoms with E-state index in [1.807, 2.05) is 6.92 Å². The Labute approximate surface area is 106 Å². The van der Waals surface area contributed by atoms with Gasteiger partial charge in [-0.05, 0) is 30.7 Å².